The van der Waals surface area contributed by atoms with Crippen LogP contribution >= 0.6 is 23.2 Å². The smallest absolute Gasteiger partial charge is 0.325 e. The van der Waals surface area contributed by atoms with Gasteiger partial charge in [-0.05, 0) is 24.6 Å². The fraction of sp³-hybridized carbons (Fsp3) is 0.500. The molecule has 1 aliphatic rings. The summed E-state index contributed by atoms with van der Waals surface area (Å²) in [7, 11) is 1.47. The number of nitrogens with one attached hydrogen (secondary N) is 1. The van der Waals surface area contributed by atoms with Crippen molar-refractivity contribution in [3.8, 4) is 5.75 Å². The third kappa shape index (κ3) is 3.43. The summed E-state index contributed by atoms with van der Waals surface area (Å²) in [6.45, 7) is 4.15. The van der Waals surface area contributed by atoms with Crippen molar-refractivity contribution < 1.29 is 14.6 Å². The first-order valence-corrected chi connectivity index (χ1v) is 7.43. The maximum Gasteiger partial charge on any atom is 0.325 e. The van der Waals surface area contributed by atoms with E-state index in [9.17, 15) is 9.90 Å². The number of ether oxygens (including phenoxy) is 1. The highest BCUT2D eigenvalue weighted by molar-refractivity contribution is 6.37. The van der Waals surface area contributed by atoms with Crippen LogP contribution in [0.2, 0.25) is 10.0 Å². The zero-order valence-corrected chi connectivity index (χ0v) is 13.4. The largest absolute Gasteiger partial charge is 0.494 e. The summed E-state index contributed by atoms with van der Waals surface area (Å²) in [6, 6.07) is 2.56. The molecule has 0 radical (unpaired) electrons. The number of aliphatic carboxylic acids is 1. The van der Waals surface area contributed by atoms with Gasteiger partial charge in [-0.2, -0.15) is 0 Å². The number of methoxy groups -OCH3 is 1. The molecule has 1 fully saturated rings. The summed E-state index contributed by atoms with van der Waals surface area (Å²) >= 11 is 12.3. The summed E-state index contributed by atoms with van der Waals surface area (Å²) in [6.07, 6.45) is 0. The van der Waals surface area contributed by atoms with Crippen LogP contribution in [0.3, 0.4) is 0 Å². The van der Waals surface area contributed by atoms with Crippen LogP contribution in [0.4, 0.5) is 0 Å². The van der Waals surface area contributed by atoms with E-state index in [2.05, 4.69) is 5.32 Å². The molecule has 7 heteroatoms. The van der Waals surface area contributed by atoms with Gasteiger partial charge in [0.15, 0.2) is 5.75 Å². The highest BCUT2D eigenvalue weighted by Gasteiger charge is 2.33. The Morgan fingerprint density at radius 1 is 1.48 bits per heavy atom. The van der Waals surface area contributed by atoms with E-state index >= 15 is 0 Å². The summed E-state index contributed by atoms with van der Waals surface area (Å²) in [5.74, 6) is -0.555. The first-order valence-electron chi connectivity index (χ1n) is 6.68. The number of carboxylic acid groups (broad SMARTS) is 1. The van der Waals surface area contributed by atoms with Gasteiger partial charge in [0.25, 0.3) is 0 Å². The molecule has 2 rings (SSSR count). The van der Waals surface area contributed by atoms with Gasteiger partial charge in [-0.3, -0.25) is 9.69 Å². The summed E-state index contributed by atoms with van der Waals surface area (Å²) in [5.41, 5.74) is 0.562. The van der Waals surface area contributed by atoms with Gasteiger partial charge in [0.1, 0.15) is 6.04 Å². The minimum atomic E-state index is -0.916. The van der Waals surface area contributed by atoms with Crippen LogP contribution in [0.1, 0.15) is 18.5 Å². The average molecular weight is 333 g/mol. The maximum absolute atomic E-state index is 11.7. The van der Waals surface area contributed by atoms with E-state index in [1.165, 1.54) is 7.11 Å². The van der Waals surface area contributed by atoms with Crippen molar-refractivity contribution in [2.45, 2.75) is 19.0 Å². The van der Waals surface area contributed by atoms with Crippen LogP contribution < -0.4 is 10.1 Å². The minimum absolute atomic E-state index is 0.111. The third-order valence-electron chi connectivity index (χ3n) is 3.66. The van der Waals surface area contributed by atoms with Crippen molar-refractivity contribution in [1.82, 2.24) is 10.2 Å². The number of rotatable bonds is 4. The molecule has 0 amide bonds. The fourth-order valence-corrected chi connectivity index (χ4v) is 3.31. The predicted octanol–water partition coefficient (Wildman–Crippen LogP) is 2.42. The molecule has 1 heterocycles. The minimum Gasteiger partial charge on any atom is -0.494 e. The topological polar surface area (TPSA) is 61.8 Å². The molecule has 116 valence electrons. The molecule has 0 aliphatic carbocycles. The van der Waals surface area contributed by atoms with Gasteiger partial charge in [0, 0.05) is 25.7 Å². The molecule has 1 saturated heterocycles. The zero-order valence-electron chi connectivity index (χ0n) is 11.9. The molecule has 2 atom stereocenters. The van der Waals surface area contributed by atoms with Crippen LogP contribution in [0.15, 0.2) is 12.1 Å². The number of piperazine rings is 1. The summed E-state index contributed by atoms with van der Waals surface area (Å²) < 4.78 is 5.10. The van der Waals surface area contributed by atoms with Gasteiger partial charge in [0.05, 0.1) is 17.2 Å². The molecule has 1 aromatic rings. The number of halogens is 2. The predicted molar refractivity (Wildman–Crippen MR) is 82.4 cm³/mol. The van der Waals surface area contributed by atoms with E-state index < -0.39 is 12.0 Å². The van der Waals surface area contributed by atoms with E-state index in [-0.39, 0.29) is 6.04 Å². The van der Waals surface area contributed by atoms with Crippen LogP contribution in [0.5, 0.6) is 5.75 Å². The van der Waals surface area contributed by atoms with Gasteiger partial charge >= 0.3 is 5.97 Å². The molecule has 5 nitrogen and oxygen atoms in total. The second-order valence-electron chi connectivity index (χ2n) is 5.05. The second-order valence-corrected chi connectivity index (χ2v) is 5.86. The number of nitrogens with zero attached hydrogens (tertiary/aromatic N) is 1. The van der Waals surface area contributed by atoms with Gasteiger partial charge in [-0.25, -0.2) is 0 Å². The number of hydrogen-bond acceptors (Lipinski definition) is 4. The Morgan fingerprint density at radius 3 is 2.57 bits per heavy atom. The normalized spacial score (nSPS) is 21.0. The summed E-state index contributed by atoms with van der Waals surface area (Å²) in [5, 5.41) is 13.5. The van der Waals surface area contributed by atoms with Crippen molar-refractivity contribution in [3.63, 3.8) is 0 Å². The summed E-state index contributed by atoms with van der Waals surface area (Å²) in [4.78, 5) is 13.7. The molecular weight excluding hydrogens is 315 g/mol. The van der Waals surface area contributed by atoms with Gasteiger partial charge in [-0.1, -0.05) is 23.2 Å². The number of carboxylic acids is 1. The molecule has 0 saturated carbocycles. The van der Waals surface area contributed by atoms with E-state index in [0.717, 1.165) is 13.1 Å². The Labute approximate surface area is 133 Å². The molecule has 0 aromatic heterocycles. The Bertz CT molecular complexity index is 516. The van der Waals surface area contributed by atoms with Gasteiger partial charge in [-0.15, -0.1) is 0 Å². The monoisotopic (exact) mass is 332 g/mol. The maximum atomic E-state index is 11.7. The van der Waals surface area contributed by atoms with Gasteiger partial charge < -0.3 is 15.2 Å². The van der Waals surface area contributed by atoms with Crippen molar-refractivity contribution in [2.24, 2.45) is 0 Å². The average Bonchev–Trinajstić information content (AvgIpc) is 2.40. The lowest BCUT2D eigenvalue weighted by atomic mass is 10.0. The molecule has 0 bridgehead atoms. The first kappa shape index (κ1) is 16.4. The van der Waals surface area contributed by atoms with E-state index in [4.69, 9.17) is 27.9 Å². The van der Waals surface area contributed by atoms with Gasteiger partial charge in [0.2, 0.25) is 0 Å². The lowest BCUT2D eigenvalue weighted by Gasteiger charge is -2.38. The highest BCUT2D eigenvalue weighted by Crippen LogP contribution is 2.37. The SMILES string of the molecule is COc1c(Cl)cc(C(C(=O)O)N2CCNCC2C)cc1Cl. The second kappa shape index (κ2) is 6.83. The van der Waals surface area contributed by atoms with Crippen LogP contribution in [-0.2, 0) is 4.79 Å². The van der Waals surface area contributed by atoms with E-state index in [1.807, 2.05) is 11.8 Å². The van der Waals surface area contributed by atoms with E-state index in [0.29, 0.717) is 27.9 Å². The Morgan fingerprint density at radius 2 is 2.10 bits per heavy atom. The molecule has 21 heavy (non-hydrogen) atoms. The molecular formula is C14H18Cl2N2O3. The fourth-order valence-electron chi connectivity index (χ4n) is 2.65. The van der Waals surface area contributed by atoms with Crippen LogP contribution in [0, 0.1) is 0 Å². The zero-order chi connectivity index (χ0) is 15.6. The Kier molecular flexibility index (Phi) is 5.32. The standard InChI is InChI=1S/C14H18Cl2N2O3/c1-8-7-17-3-4-18(8)12(14(19)20)9-5-10(15)13(21-2)11(16)6-9/h5-6,8,12,17H,3-4,7H2,1-2H3,(H,19,20). The molecule has 2 N–H and O–H groups in total. The first-order chi connectivity index (χ1) is 9.95. The Hall–Kier alpha value is -1.01. The van der Waals surface area contributed by atoms with Crippen molar-refractivity contribution in [1.29, 1.82) is 0 Å². The van der Waals surface area contributed by atoms with Crippen LogP contribution in [-0.4, -0.2) is 48.8 Å². The highest BCUT2D eigenvalue weighted by atomic mass is 35.5. The lowest BCUT2D eigenvalue weighted by Crippen LogP contribution is -2.52. The van der Waals surface area contributed by atoms with Crippen LogP contribution in [0.25, 0.3) is 0 Å². The molecule has 1 aromatic carbocycles. The van der Waals surface area contributed by atoms with Crippen molar-refractivity contribution in [2.75, 3.05) is 26.7 Å². The number of hydrogen-bond donors (Lipinski definition) is 2. The molecule has 2 unspecified atom stereocenters. The number of benzene rings is 1. The number of carbonyl (C=O) groups is 1. The van der Waals surface area contributed by atoms with Crippen molar-refractivity contribution in [3.05, 3.63) is 27.7 Å². The Balaban J connectivity index is 2.41. The molecule has 1 aliphatic heterocycles. The molecule has 0 spiro atoms. The van der Waals surface area contributed by atoms with E-state index in [1.54, 1.807) is 12.1 Å². The quantitative estimate of drug-likeness (QED) is 0.886. The van der Waals surface area contributed by atoms with Crippen molar-refractivity contribution >= 4 is 29.2 Å². The lowest BCUT2D eigenvalue weighted by molar-refractivity contribution is -0.145. The third-order valence-corrected chi connectivity index (χ3v) is 4.22.